The van der Waals surface area contributed by atoms with Gasteiger partial charge in [-0.05, 0) is 120 Å². The van der Waals surface area contributed by atoms with Crippen molar-refractivity contribution >= 4 is 11.9 Å². The Balaban J connectivity index is 1.64. The fraction of sp³-hybridized carbons (Fsp3) is 0.152. The Kier molecular flexibility index (Phi) is 28.3. The van der Waals surface area contributed by atoms with Crippen molar-refractivity contribution < 1.29 is 28.5 Å². The molecule has 3 rings (SSSR count). The molecule has 2 aromatic rings. The molecule has 2 N–H and O–H groups in total. The Morgan fingerprint density at radius 2 is 1.03 bits per heavy atom. The molecular formula is C66H27N3O8. The molecule has 3 unspecified atom stereocenters. The lowest BCUT2D eigenvalue weighted by atomic mass is 10.1. The highest BCUT2D eigenvalue weighted by molar-refractivity contribution is 5.81. The first-order chi connectivity index (χ1) is 37.7. The van der Waals surface area contributed by atoms with E-state index in [4.69, 9.17) is 31.8 Å². The molecule has 3 atom stereocenters. The Labute approximate surface area is 447 Å². The normalized spacial score (nSPS) is 10.9. The number of benzene rings is 1. The number of H-pyrrole nitrogens is 1. The second-order valence-corrected chi connectivity index (χ2v) is 13.3. The van der Waals surface area contributed by atoms with Crippen LogP contribution in [0.4, 0.5) is 0 Å². The lowest BCUT2D eigenvalue weighted by Crippen LogP contribution is -2.33. The zero-order valence-electron chi connectivity index (χ0n) is 40.4. The van der Waals surface area contributed by atoms with Crippen molar-refractivity contribution in [3.05, 3.63) is 56.4 Å². The van der Waals surface area contributed by atoms with E-state index in [1.54, 1.807) is 19.1 Å². The van der Waals surface area contributed by atoms with Gasteiger partial charge in [-0.15, -0.1) is 12.8 Å². The highest BCUT2D eigenvalue weighted by atomic mass is 16.6. The lowest BCUT2D eigenvalue weighted by Gasteiger charge is -2.17. The Morgan fingerprint density at radius 1 is 0.610 bits per heavy atom. The van der Waals surface area contributed by atoms with Crippen LogP contribution in [0.2, 0.25) is 0 Å². The third-order valence-electron chi connectivity index (χ3n) is 8.22. The molecule has 0 spiro atoms. The second-order valence-electron chi connectivity index (χ2n) is 13.3. The number of aromatic amines is 1. The van der Waals surface area contributed by atoms with Crippen molar-refractivity contribution in [2.24, 2.45) is 0 Å². The molecule has 1 fully saturated rings. The number of esters is 1. The average molecular weight is 990 g/mol. The number of rotatable bonds is 10. The zero-order chi connectivity index (χ0) is 55.2. The summed E-state index contributed by atoms with van der Waals surface area (Å²) in [5.41, 5.74) is -0.350. The van der Waals surface area contributed by atoms with Crippen LogP contribution in [0.3, 0.4) is 0 Å². The van der Waals surface area contributed by atoms with Gasteiger partial charge >= 0.3 is 11.7 Å². The van der Waals surface area contributed by atoms with Crippen LogP contribution in [0.5, 0.6) is 11.5 Å². The summed E-state index contributed by atoms with van der Waals surface area (Å²) in [6.07, 6.45) is 14.5. The van der Waals surface area contributed by atoms with E-state index in [-0.39, 0.29) is 37.3 Å². The predicted molar refractivity (Wildman–Crippen MR) is 287 cm³/mol. The van der Waals surface area contributed by atoms with Gasteiger partial charge in [-0.25, -0.2) is 4.79 Å². The smallest absolute Gasteiger partial charge is 0.330 e. The topological polar surface area (TPSA) is 138 Å². The summed E-state index contributed by atoms with van der Waals surface area (Å²) in [6.45, 7) is 3.37. The monoisotopic (exact) mass is 989 g/mol. The van der Waals surface area contributed by atoms with Crippen LogP contribution in [-0.4, -0.2) is 33.6 Å². The molecule has 0 saturated carbocycles. The maximum atomic E-state index is 12.9. The van der Waals surface area contributed by atoms with Crippen molar-refractivity contribution in [1.29, 1.82) is 0 Å². The number of aryl methyl sites for hydroxylation is 1. The molecule has 0 radical (unpaired) electrons. The van der Waals surface area contributed by atoms with Crippen molar-refractivity contribution in [1.82, 2.24) is 14.9 Å². The van der Waals surface area contributed by atoms with E-state index < -0.39 is 41.6 Å². The van der Waals surface area contributed by atoms with Gasteiger partial charge in [-0.1, -0.05) is 6.92 Å². The first-order valence-corrected chi connectivity index (χ1v) is 21.6. The van der Waals surface area contributed by atoms with Gasteiger partial charge in [0.25, 0.3) is 5.56 Å². The maximum Gasteiger partial charge on any atom is 0.330 e. The van der Waals surface area contributed by atoms with Crippen LogP contribution in [0.1, 0.15) is 50.0 Å². The summed E-state index contributed by atoms with van der Waals surface area (Å²) in [7, 11) is 0. The summed E-state index contributed by atoms with van der Waals surface area (Å²) in [4.78, 5) is 52.3. The minimum absolute atomic E-state index is 0.0355. The molecule has 1 aromatic heterocycles. The largest absolute Gasteiger partial charge is 0.459 e. The molecule has 0 aliphatic carbocycles. The van der Waals surface area contributed by atoms with Crippen LogP contribution in [-0.2, 0) is 25.6 Å². The Bertz CT molecular complexity index is 4310. The average Bonchev–Trinajstić information content (AvgIpc) is 3.84. The molecule has 1 aliphatic rings. The van der Waals surface area contributed by atoms with Crippen LogP contribution in [0.25, 0.3) is 0 Å². The summed E-state index contributed by atoms with van der Waals surface area (Å²) in [6, 6.07) is 4.65. The minimum atomic E-state index is -0.757. The van der Waals surface area contributed by atoms with Crippen molar-refractivity contribution in [3.8, 4) is 273 Å². The van der Waals surface area contributed by atoms with Gasteiger partial charge in [-0.3, -0.25) is 23.9 Å². The summed E-state index contributed by atoms with van der Waals surface area (Å²) in [5, 5.41) is 2.74. The minimum Gasteiger partial charge on any atom is -0.459 e. The van der Waals surface area contributed by atoms with Crippen molar-refractivity contribution in [2.75, 3.05) is 0 Å². The second kappa shape index (κ2) is 37.6. The highest BCUT2D eigenvalue weighted by Crippen LogP contribution is 2.32. The van der Waals surface area contributed by atoms with Crippen molar-refractivity contribution in [3.63, 3.8) is 0 Å². The highest BCUT2D eigenvalue weighted by Gasteiger charge is 2.38. The molecule has 11 nitrogen and oxygen atoms in total. The molecule has 2 heterocycles. The van der Waals surface area contributed by atoms with E-state index in [0.29, 0.717) is 17.5 Å². The van der Waals surface area contributed by atoms with E-state index in [2.05, 4.69) is 259 Å². The molecule has 1 saturated heterocycles. The maximum absolute atomic E-state index is 12.9. The molecule has 11 heteroatoms. The quantitative estimate of drug-likeness (QED) is 0.271. The number of ether oxygens (including phenoxy) is 4. The van der Waals surface area contributed by atoms with E-state index in [0.717, 1.165) is 0 Å². The lowest BCUT2D eigenvalue weighted by molar-refractivity contribution is -0.153. The molecule has 0 bridgehead atoms. The molecule has 1 aromatic carbocycles. The van der Waals surface area contributed by atoms with E-state index in [1.165, 1.54) is 16.8 Å². The Morgan fingerprint density at radius 3 is 1.45 bits per heavy atom. The number of terminal acetylenes is 2. The number of amides is 1. The van der Waals surface area contributed by atoms with Crippen LogP contribution >= 0.6 is 0 Å². The number of carbonyl (C=O) groups is 2. The van der Waals surface area contributed by atoms with Crippen LogP contribution < -0.4 is 26.0 Å². The van der Waals surface area contributed by atoms with Gasteiger partial charge < -0.3 is 24.3 Å². The van der Waals surface area contributed by atoms with E-state index >= 15 is 0 Å². The first-order valence-electron chi connectivity index (χ1n) is 21.6. The van der Waals surface area contributed by atoms with Gasteiger partial charge in [0.1, 0.15) is 36.0 Å². The third-order valence-corrected chi connectivity index (χ3v) is 8.22. The summed E-state index contributed by atoms with van der Waals surface area (Å²) >= 11 is 0. The third kappa shape index (κ3) is 26.3. The van der Waals surface area contributed by atoms with Gasteiger partial charge in [-0.2, -0.15) is 0 Å². The summed E-state index contributed by atoms with van der Waals surface area (Å²) < 4.78 is 24.0. The van der Waals surface area contributed by atoms with Gasteiger partial charge in [0.15, 0.2) is 0 Å². The fourth-order valence-electron chi connectivity index (χ4n) is 5.07. The van der Waals surface area contributed by atoms with Gasteiger partial charge in [0.05, 0.1) is 12.5 Å². The van der Waals surface area contributed by atoms with Crippen molar-refractivity contribution in [2.45, 2.75) is 64.5 Å². The molecular weight excluding hydrogens is 963 g/mol. The van der Waals surface area contributed by atoms with Crippen LogP contribution in [0, 0.1) is 269 Å². The van der Waals surface area contributed by atoms with E-state index in [1.807, 2.05) is 6.92 Å². The number of hydrogen-bond donors (Lipinski definition) is 2. The number of nitrogens with zero attached hydrogens (tertiary/aromatic N) is 1. The van der Waals surface area contributed by atoms with Gasteiger partial charge in [0.2, 0.25) is 5.91 Å². The first kappa shape index (κ1) is 58.0. The fourth-order valence-corrected chi connectivity index (χ4v) is 5.07. The van der Waals surface area contributed by atoms with E-state index in [9.17, 15) is 19.2 Å². The molecule has 77 heavy (non-hydrogen) atoms. The number of nitrogens with one attached hydrogen (secondary N) is 2. The standard InChI is InChI=1S/C66H27N3O8/c1-5-8-10-12-14-16-18-20-22-24-26-28-30-32-34-36-38-40-42-44-50-74-58-47-46-57(60(52-58)75-51-45-43-41-39-37-35-33-31-29-27-25-23-21-19-17-15-13-11-9-6-2)54-67-62(70)48-49-64(71)77-61-53-63(76-59(61)7-3)69-55-56(4)65(72)68-66(69)73/h1-2,46-47,52,55,59,61,63H,7,48-49,53-54H2,3-4H3,(H,67,70)(H,68,72,73). The molecule has 1 aliphatic heterocycles. The van der Waals surface area contributed by atoms with Gasteiger partial charge in [0, 0.05) is 185 Å². The molecule has 354 valence electrons. The van der Waals surface area contributed by atoms with Crippen LogP contribution in [0.15, 0.2) is 34.0 Å². The zero-order valence-corrected chi connectivity index (χ0v) is 40.4. The SMILES string of the molecule is C#CC#CC#CC#CC#CC#CC#CC#CC#CC#CC#COc1ccc(CNC(=O)CCC(=O)OC2CC(n3cc(C)c(=O)[nH]c3=O)OC2CC)c(OC#CC#CC#CC#CC#CC#CC#CC#CC#CC#CC#C)c1. The number of carbonyl (C=O) groups excluding carboxylic acids is 2. The predicted octanol–water partition coefficient (Wildman–Crippen LogP) is 1.56. The Hall–Kier alpha value is -13.3. The number of aromatic nitrogens is 2. The molecule has 1 amide bonds. The number of hydrogen-bond acceptors (Lipinski definition) is 8. The summed E-state index contributed by atoms with van der Waals surface area (Å²) in [5.74, 6) is 97.6.